The summed E-state index contributed by atoms with van der Waals surface area (Å²) in [6, 6.07) is 6.66. The van der Waals surface area contributed by atoms with Crippen LogP contribution in [0.1, 0.15) is 34.1 Å². The maximum absolute atomic E-state index is 12.4. The lowest BCUT2D eigenvalue weighted by atomic mass is 10.2. The number of amides is 1. The third-order valence-electron chi connectivity index (χ3n) is 2.58. The zero-order chi connectivity index (χ0) is 15.3. The number of rotatable bonds is 4. The van der Waals surface area contributed by atoms with Crippen LogP contribution in [-0.4, -0.2) is 24.0 Å². The summed E-state index contributed by atoms with van der Waals surface area (Å²) < 4.78 is 5.39. The molecule has 1 amide bonds. The van der Waals surface area contributed by atoms with E-state index >= 15 is 0 Å². The van der Waals surface area contributed by atoms with Gasteiger partial charge >= 0.3 is 6.09 Å². The molecule has 5 heteroatoms. The van der Waals surface area contributed by atoms with Crippen LogP contribution in [0.3, 0.4) is 0 Å². The summed E-state index contributed by atoms with van der Waals surface area (Å²) in [5.74, 6) is 0. The minimum absolute atomic E-state index is 0.213. The zero-order valence-corrected chi connectivity index (χ0v) is 13.0. The van der Waals surface area contributed by atoms with E-state index in [-0.39, 0.29) is 12.5 Å². The number of aldehydes is 1. The fourth-order valence-electron chi connectivity index (χ4n) is 1.72. The lowest BCUT2D eigenvalue weighted by molar-refractivity contribution is -0.108. The molecule has 1 atom stereocenters. The molecule has 0 bridgehead atoms. The smallest absolute Gasteiger partial charge is 0.415 e. The van der Waals surface area contributed by atoms with Crippen LogP contribution in [0.4, 0.5) is 10.5 Å². The van der Waals surface area contributed by atoms with E-state index < -0.39 is 11.7 Å². The van der Waals surface area contributed by atoms with Crippen LogP contribution in [-0.2, 0) is 9.53 Å². The number of ether oxygens (including phenoxy) is 1. The molecule has 1 rings (SSSR count). The fraction of sp³-hybridized carbons (Fsp3) is 0.467. The van der Waals surface area contributed by atoms with Crippen LogP contribution in [0.2, 0.25) is 5.02 Å². The van der Waals surface area contributed by atoms with Crippen LogP contribution in [0, 0.1) is 0 Å². The maximum atomic E-state index is 12.4. The summed E-state index contributed by atoms with van der Waals surface area (Å²) in [6.07, 6.45) is 0.475. The first-order valence-corrected chi connectivity index (χ1v) is 6.84. The average molecular weight is 298 g/mol. The largest absolute Gasteiger partial charge is 0.443 e. The summed E-state index contributed by atoms with van der Waals surface area (Å²) >= 11 is 6.14. The number of carbonyl (C=O) groups is 2. The maximum Gasteiger partial charge on any atom is 0.415 e. The Morgan fingerprint density at radius 3 is 2.50 bits per heavy atom. The van der Waals surface area contributed by atoms with E-state index in [1.54, 1.807) is 52.0 Å². The summed E-state index contributed by atoms with van der Waals surface area (Å²) in [5, 5.41) is 0.441. The van der Waals surface area contributed by atoms with Crippen LogP contribution in [0.5, 0.6) is 0 Å². The van der Waals surface area contributed by atoms with E-state index in [2.05, 4.69) is 0 Å². The van der Waals surface area contributed by atoms with E-state index in [1.807, 2.05) is 0 Å². The summed E-state index contributed by atoms with van der Waals surface area (Å²) in [7, 11) is 0. The summed E-state index contributed by atoms with van der Waals surface area (Å²) in [4.78, 5) is 24.5. The number of anilines is 1. The fourth-order valence-corrected chi connectivity index (χ4v) is 1.95. The van der Waals surface area contributed by atoms with Crippen LogP contribution < -0.4 is 4.90 Å². The molecule has 0 aromatic heterocycles. The molecule has 1 aromatic carbocycles. The van der Waals surface area contributed by atoms with Gasteiger partial charge in [0.15, 0.2) is 0 Å². The standard InChI is InChI=1S/C15H20ClNO3/c1-11(9-10-18)17(14(19)20-15(2,3)4)13-8-6-5-7-12(13)16/h5-8,10-11H,9H2,1-4H3. The van der Waals surface area contributed by atoms with Gasteiger partial charge in [-0.15, -0.1) is 0 Å². The molecule has 1 aromatic rings. The Morgan fingerprint density at radius 2 is 2.00 bits per heavy atom. The monoisotopic (exact) mass is 297 g/mol. The van der Waals surface area contributed by atoms with Gasteiger partial charge in [0, 0.05) is 12.5 Å². The quantitative estimate of drug-likeness (QED) is 0.787. The minimum Gasteiger partial charge on any atom is -0.443 e. The molecule has 0 aliphatic heterocycles. The van der Waals surface area contributed by atoms with Crippen molar-refractivity contribution >= 4 is 29.7 Å². The van der Waals surface area contributed by atoms with Crippen molar-refractivity contribution in [1.82, 2.24) is 0 Å². The highest BCUT2D eigenvalue weighted by Crippen LogP contribution is 2.29. The van der Waals surface area contributed by atoms with Gasteiger partial charge in [-0.2, -0.15) is 0 Å². The summed E-state index contributed by atoms with van der Waals surface area (Å²) in [6.45, 7) is 7.15. The van der Waals surface area contributed by atoms with Gasteiger partial charge in [0.2, 0.25) is 0 Å². The van der Waals surface area contributed by atoms with Crippen LogP contribution in [0.25, 0.3) is 0 Å². The van der Waals surface area contributed by atoms with E-state index in [0.29, 0.717) is 10.7 Å². The normalized spacial score (nSPS) is 12.7. The van der Waals surface area contributed by atoms with Crippen molar-refractivity contribution in [2.24, 2.45) is 0 Å². The number of benzene rings is 1. The molecule has 110 valence electrons. The Morgan fingerprint density at radius 1 is 1.40 bits per heavy atom. The highest BCUT2D eigenvalue weighted by molar-refractivity contribution is 6.33. The molecule has 1 unspecified atom stereocenters. The topological polar surface area (TPSA) is 46.6 Å². The van der Waals surface area contributed by atoms with Gasteiger partial charge in [0.05, 0.1) is 10.7 Å². The molecular weight excluding hydrogens is 278 g/mol. The van der Waals surface area contributed by atoms with Crippen molar-refractivity contribution in [3.05, 3.63) is 29.3 Å². The Kier molecular flexibility index (Phi) is 5.57. The molecule has 0 aliphatic carbocycles. The van der Waals surface area contributed by atoms with Gasteiger partial charge in [0.1, 0.15) is 11.9 Å². The Balaban J connectivity index is 3.12. The first-order valence-electron chi connectivity index (χ1n) is 6.46. The number of halogens is 1. The van der Waals surface area contributed by atoms with Crippen molar-refractivity contribution < 1.29 is 14.3 Å². The Hall–Kier alpha value is -1.55. The molecule has 4 nitrogen and oxygen atoms in total. The van der Waals surface area contributed by atoms with Crippen LogP contribution in [0.15, 0.2) is 24.3 Å². The average Bonchev–Trinajstić information content (AvgIpc) is 2.30. The molecule has 0 heterocycles. The number of nitrogens with zero attached hydrogens (tertiary/aromatic N) is 1. The van der Waals surface area contributed by atoms with E-state index in [9.17, 15) is 9.59 Å². The number of hydrogen-bond acceptors (Lipinski definition) is 3. The van der Waals surface area contributed by atoms with Crippen molar-refractivity contribution in [2.45, 2.75) is 45.8 Å². The molecule has 0 spiro atoms. The minimum atomic E-state index is -0.614. The van der Waals surface area contributed by atoms with E-state index in [4.69, 9.17) is 16.3 Å². The van der Waals surface area contributed by atoms with Gasteiger partial charge in [-0.3, -0.25) is 4.90 Å². The number of hydrogen-bond donors (Lipinski definition) is 0. The molecule has 0 saturated heterocycles. The van der Waals surface area contributed by atoms with Gasteiger partial charge in [-0.25, -0.2) is 4.79 Å². The predicted molar refractivity (Wildman–Crippen MR) is 80.3 cm³/mol. The Labute approximate surface area is 124 Å². The first kappa shape index (κ1) is 16.5. The lowest BCUT2D eigenvalue weighted by Gasteiger charge is -2.31. The second-order valence-corrected chi connectivity index (χ2v) is 5.96. The molecule has 0 fully saturated rings. The Bertz CT molecular complexity index is 482. The molecule has 0 aliphatic rings. The predicted octanol–water partition coefficient (Wildman–Crippen LogP) is 4.06. The van der Waals surface area contributed by atoms with Gasteiger partial charge in [-0.05, 0) is 39.8 Å². The van der Waals surface area contributed by atoms with Gasteiger partial charge in [-0.1, -0.05) is 23.7 Å². The molecular formula is C15H20ClNO3. The third kappa shape index (κ3) is 4.53. The number of carbonyl (C=O) groups excluding carboxylic acids is 2. The lowest BCUT2D eigenvalue weighted by Crippen LogP contribution is -2.42. The van der Waals surface area contributed by atoms with Crippen molar-refractivity contribution in [2.75, 3.05) is 4.90 Å². The highest BCUT2D eigenvalue weighted by Gasteiger charge is 2.28. The first-order chi connectivity index (χ1) is 9.26. The molecule has 20 heavy (non-hydrogen) atoms. The van der Waals surface area contributed by atoms with Crippen molar-refractivity contribution in [3.63, 3.8) is 0 Å². The highest BCUT2D eigenvalue weighted by atomic mass is 35.5. The molecule has 0 N–H and O–H groups in total. The van der Waals surface area contributed by atoms with Gasteiger partial charge < -0.3 is 9.53 Å². The summed E-state index contributed by atoms with van der Waals surface area (Å²) in [5.41, 5.74) is -0.0740. The zero-order valence-electron chi connectivity index (χ0n) is 12.2. The SMILES string of the molecule is CC(CC=O)N(C(=O)OC(C)(C)C)c1ccccc1Cl. The molecule has 0 saturated carbocycles. The third-order valence-corrected chi connectivity index (χ3v) is 2.90. The van der Waals surface area contributed by atoms with E-state index in [0.717, 1.165) is 6.29 Å². The van der Waals surface area contributed by atoms with Crippen LogP contribution >= 0.6 is 11.6 Å². The van der Waals surface area contributed by atoms with Gasteiger partial charge in [0.25, 0.3) is 0 Å². The molecule has 0 radical (unpaired) electrons. The van der Waals surface area contributed by atoms with Crippen molar-refractivity contribution in [1.29, 1.82) is 0 Å². The number of para-hydroxylation sites is 1. The van der Waals surface area contributed by atoms with Crippen molar-refractivity contribution in [3.8, 4) is 0 Å². The van der Waals surface area contributed by atoms with E-state index in [1.165, 1.54) is 4.90 Å². The second-order valence-electron chi connectivity index (χ2n) is 5.55. The second kappa shape index (κ2) is 6.75.